The maximum Gasteiger partial charge on any atom is 0.195 e. The average Bonchev–Trinajstić information content (AvgIpc) is 3.85. The van der Waals surface area contributed by atoms with Crippen LogP contribution >= 0.6 is 0 Å². The maximum atomic E-state index is 12.0. The van der Waals surface area contributed by atoms with Gasteiger partial charge in [0.25, 0.3) is 0 Å². The Hall–Kier alpha value is -0.980. The Kier molecular flexibility index (Phi) is 12.9. The van der Waals surface area contributed by atoms with Crippen molar-refractivity contribution < 1.29 is 89.0 Å². The molecule has 0 bridgehead atoms. The molecule has 18 nitrogen and oxygen atoms in total. The molecule has 0 aromatic carbocycles. The summed E-state index contributed by atoms with van der Waals surface area (Å²) < 4.78 is 49.0. The Morgan fingerprint density at radius 2 is 1.32 bits per heavy atom. The van der Waals surface area contributed by atoms with Crippen molar-refractivity contribution in [2.45, 2.75) is 215 Å². The van der Waals surface area contributed by atoms with Crippen molar-refractivity contribution in [3.8, 4) is 0 Å². The molecule has 9 rings (SSSR count). The Morgan fingerprint density at radius 3 is 1.92 bits per heavy atom. The molecule has 63 heavy (non-hydrogen) atoms. The summed E-state index contributed by atoms with van der Waals surface area (Å²) in [6, 6.07) is 0. The highest BCUT2D eigenvalue weighted by atomic mass is 16.8. The van der Waals surface area contributed by atoms with Gasteiger partial charge < -0.3 is 89.0 Å². The van der Waals surface area contributed by atoms with Crippen molar-refractivity contribution in [1.29, 1.82) is 0 Å². The highest BCUT2D eigenvalue weighted by Gasteiger charge is 2.70. The van der Waals surface area contributed by atoms with E-state index in [1.807, 2.05) is 6.92 Å². The van der Waals surface area contributed by atoms with Gasteiger partial charge in [-0.2, -0.15) is 0 Å². The Morgan fingerprint density at radius 1 is 0.683 bits per heavy atom. The molecule has 18 heteroatoms. The first-order valence-electron chi connectivity index (χ1n) is 23.4. The molecular weight excluding hydrogens is 828 g/mol. The SMILES string of the molecule is C[C@@H]1C[C@@H]([C@@]2(O)O[C@H]3C[C@H]4[C@@H]5CC=C6C[C@@H](O[C@@H]7O[C@H](CO)[C@@H](O[C@@H]8O[C@@H](C)[C@H](O)[C@@H](O)[C@H]8O)[C@H](O)[C@H]7O[C@@H]7O[C@@H](C)[C@H](O)[C@@H](O)[C@H]7O)CC[C@]6(C)[C@H]5CC[C@]4(C)[C@H]3[C@@H]2C)OC1O. The molecule has 5 aliphatic heterocycles. The number of allylic oxidation sites excluding steroid dienone is 1. The lowest BCUT2D eigenvalue weighted by Crippen LogP contribution is -2.66. The van der Waals surface area contributed by atoms with Crippen LogP contribution in [0.4, 0.5) is 0 Å². The van der Waals surface area contributed by atoms with Gasteiger partial charge in [0.15, 0.2) is 30.9 Å². The summed E-state index contributed by atoms with van der Waals surface area (Å²) in [6.45, 7) is 11.1. The summed E-state index contributed by atoms with van der Waals surface area (Å²) in [5.74, 6) is -0.228. The second kappa shape index (κ2) is 17.2. The first-order valence-corrected chi connectivity index (χ1v) is 23.4. The van der Waals surface area contributed by atoms with Crippen LogP contribution in [0.25, 0.3) is 0 Å². The fraction of sp³-hybridized carbons (Fsp3) is 0.956. The zero-order chi connectivity index (χ0) is 45.2. The van der Waals surface area contributed by atoms with Crippen LogP contribution in [0.1, 0.15) is 92.9 Å². The second-order valence-corrected chi connectivity index (χ2v) is 21.3. The van der Waals surface area contributed by atoms with Gasteiger partial charge in [-0.15, -0.1) is 0 Å². The molecule has 10 N–H and O–H groups in total. The summed E-state index contributed by atoms with van der Waals surface area (Å²) in [4.78, 5) is 0. The molecule has 0 spiro atoms. The van der Waals surface area contributed by atoms with Crippen molar-refractivity contribution in [3.63, 3.8) is 0 Å². The number of rotatable bonds is 8. The topological polar surface area (TPSA) is 276 Å². The smallest absolute Gasteiger partial charge is 0.195 e. The van der Waals surface area contributed by atoms with Gasteiger partial charge >= 0.3 is 0 Å². The third kappa shape index (κ3) is 7.62. The zero-order valence-corrected chi connectivity index (χ0v) is 37.1. The fourth-order valence-electron chi connectivity index (χ4n) is 14.1. The lowest BCUT2D eigenvalue weighted by molar-refractivity contribution is -0.388. The summed E-state index contributed by atoms with van der Waals surface area (Å²) in [7, 11) is 0. The van der Waals surface area contributed by atoms with E-state index in [1.165, 1.54) is 19.4 Å². The molecule has 9 aliphatic rings. The normalized spacial score (nSPS) is 59.3. The van der Waals surface area contributed by atoms with E-state index in [-0.39, 0.29) is 34.7 Å². The highest BCUT2D eigenvalue weighted by Crippen LogP contribution is 2.70. The van der Waals surface area contributed by atoms with Crippen molar-refractivity contribution in [3.05, 3.63) is 11.6 Å². The predicted molar refractivity (Wildman–Crippen MR) is 215 cm³/mol. The number of hydrogen-bond acceptors (Lipinski definition) is 18. The van der Waals surface area contributed by atoms with E-state index in [9.17, 15) is 51.1 Å². The highest BCUT2D eigenvalue weighted by molar-refractivity contribution is 5.26. The standard InChI is InChI=1S/C45H72O18/c1-17-13-28(60-39(17)54)45(55)18(2)29-26(63-45)15-25-23-8-7-21-14-22(9-11-43(21,5)24(23)10-12-44(25,29)6)58-42-38(62-41-35(52)33(50)31(48)20(4)57-41)36(53)37(27(16-46)59-42)61-40-34(51)32(49)30(47)19(3)56-40/h7,17-20,22-42,46-55H,8-16H2,1-6H3/t17-,18+,19+,20+,22+,23-,24+,25+,26+,27-,28+,29+,30+,31+,32-,33-,34-,35-,36+,37-,38-,39?,40+,41+,42-,43+,44+,45+/m1/s1. The van der Waals surface area contributed by atoms with Crippen molar-refractivity contribution in [2.75, 3.05) is 6.61 Å². The van der Waals surface area contributed by atoms with Gasteiger partial charge in [-0.1, -0.05) is 39.3 Å². The van der Waals surface area contributed by atoms with Gasteiger partial charge in [0, 0.05) is 11.8 Å². The summed E-state index contributed by atoms with van der Waals surface area (Å²) in [5.41, 5.74) is 1.16. The van der Waals surface area contributed by atoms with E-state index in [0.29, 0.717) is 37.0 Å². The van der Waals surface area contributed by atoms with Crippen molar-refractivity contribution in [2.24, 2.45) is 46.3 Å². The quantitative estimate of drug-likeness (QED) is 0.138. The minimum Gasteiger partial charge on any atom is -0.394 e. The van der Waals surface area contributed by atoms with Crippen molar-refractivity contribution >= 4 is 0 Å². The zero-order valence-electron chi connectivity index (χ0n) is 37.1. The molecule has 360 valence electrons. The maximum absolute atomic E-state index is 12.0. The number of aliphatic hydroxyl groups excluding tert-OH is 9. The van der Waals surface area contributed by atoms with Crippen LogP contribution in [0.15, 0.2) is 11.6 Å². The summed E-state index contributed by atoms with van der Waals surface area (Å²) >= 11 is 0. The van der Waals surface area contributed by atoms with E-state index >= 15 is 0 Å². The Bertz CT molecular complexity index is 1660. The Labute approximate surface area is 368 Å². The first kappa shape index (κ1) is 47.1. The third-order valence-electron chi connectivity index (χ3n) is 17.8. The lowest BCUT2D eigenvalue weighted by atomic mass is 9.47. The van der Waals surface area contributed by atoms with E-state index in [0.717, 1.165) is 32.1 Å². The molecule has 0 aromatic heterocycles. The van der Waals surface area contributed by atoms with Crippen LogP contribution in [0.2, 0.25) is 0 Å². The van der Waals surface area contributed by atoms with E-state index in [1.54, 1.807) is 0 Å². The van der Waals surface area contributed by atoms with Gasteiger partial charge in [0.2, 0.25) is 0 Å². The molecular formula is C45H72O18. The van der Waals surface area contributed by atoms with Crippen LogP contribution in [-0.2, 0) is 37.9 Å². The number of fused-ring (bicyclic) bond motifs is 7. The van der Waals surface area contributed by atoms with Crippen LogP contribution in [0.3, 0.4) is 0 Å². The van der Waals surface area contributed by atoms with Gasteiger partial charge in [-0.05, 0) is 99.7 Å². The Balaban J connectivity index is 0.913. The predicted octanol–water partition coefficient (Wildman–Crippen LogP) is -0.469. The molecule has 5 heterocycles. The van der Waals surface area contributed by atoms with Gasteiger partial charge in [-0.3, -0.25) is 0 Å². The largest absolute Gasteiger partial charge is 0.394 e. The minimum absolute atomic E-state index is 0.0262. The van der Waals surface area contributed by atoms with Crippen molar-refractivity contribution in [1.82, 2.24) is 0 Å². The van der Waals surface area contributed by atoms with E-state index in [2.05, 4.69) is 26.8 Å². The average molecular weight is 901 g/mol. The third-order valence-corrected chi connectivity index (χ3v) is 17.8. The van der Waals surface area contributed by atoms with Gasteiger partial charge in [0.05, 0.1) is 31.0 Å². The number of hydrogen-bond donors (Lipinski definition) is 10. The molecule has 0 radical (unpaired) electrons. The second-order valence-electron chi connectivity index (χ2n) is 21.3. The van der Waals surface area contributed by atoms with Crippen LogP contribution in [0, 0.1) is 46.3 Å². The van der Waals surface area contributed by atoms with Crippen LogP contribution < -0.4 is 0 Å². The van der Waals surface area contributed by atoms with Gasteiger partial charge in [0.1, 0.15) is 67.1 Å². The van der Waals surface area contributed by atoms with Crippen LogP contribution in [-0.4, -0.2) is 180 Å². The van der Waals surface area contributed by atoms with E-state index < -0.39 is 123 Å². The number of aliphatic hydroxyl groups is 10. The molecule has 28 atom stereocenters. The molecule has 0 aromatic rings. The molecule has 1 unspecified atom stereocenters. The molecule has 0 amide bonds. The molecule has 8 fully saturated rings. The van der Waals surface area contributed by atoms with Crippen LogP contribution in [0.5, 0.6) is 0 Å². The molecule has 3 saturated carbocycles. The summed E-state index contributed by atoms with van der Waals surface area (Å²) in [5, 5.41) is 108. The van der Waals surface area contributed by atoms with E-state index in [4.69, 9.17) is 37.9 Å². The fourth-order valence-corrected chi connectivity index (χ4v) is 14.1. The van der Waals surface area contributed by atoms with Gasteiger partial charge in [-0.25, -0.2) is 0 Å². The lowest BCUT2D eigenvalue weighted by Gasteiger charge is -2.58. The monoisotopic (exact) mass is 900 g/mol. The molecule has 5 saturated heterocycles. The molecule has 4 aliphatic carbocycles. The summed E-state index contributed by atoms with van der Waals surface area (Å²) in [6.07, 6.45) is -15.0. The number of ether oxygens (including phenoxy) is 8. The minimum atomic E-state index is -1.73. The first-order chi connectivity index (χ1) is 29.7.